The van der Waals surface area contributed by atoms with Crippen molar-refractivity contribution in [1.82, 2.24) is 15.1 Å². The third kappa shape index (κ3) is 5.76. The molecule has 0 unspecified atom stereocenters. The molecule has 6 nitrogen and oxygen atoms in total. The van der Waals surface area contributed by atoms with Crippen molar-refractivity contribution in [2.24, 2.45) is 0 Å². The summed E-state index contributed by atoms with van der Waals surface area (Å²) in [5, 5.41) is 8.44. The van der Waals surface area contributed by atoms with Gasteiger partial charge in [0.2, 0.25) is 11.8 Å². The fourth-order valence-corrected chi connectivity index (χ4v) is 3.75. The molecule has 0 bridgehead atoms. The fraction of sp³-hybridized carbons (Fsp3) is 0.333. The average Bonchev–Trinajstić information content (AvgIpc) is 3.25. The molecule has 0 fully saturated rings. The van der Waals surface area contributed by atoms with Crippen LogP contribution in [0.2, 0.25) is 10.0 Å². The molecule has 1 amide bonds. The van der Waals surface area contributed by atoms with Gasteiger partial charge in [0.05, 0.1) is 0 Å². The van der Waals surface area contributed by atoms with E-state index in [-0.39, 0.29) is 12.3 Å². The number of carbonyl (C=O) groups excluding carboxylic acids is 1. The summed E-state index contributed by atoms with van der Waals surface area (Å²) in [6, 6.07) is 5.40. The number of anilines is 1. The van der Waals surface area contributed by atoms with Crippen LogP contribution < -0.4 is 5.32 Å². The summed E-state index contributed by atoms with van der Waals surface area (Å²) in [6.07, 6.45) is 4.75. The number of aromatic nitrogens is 3. The molecule has 0 aliphatic rings. The van der Waals surface area contributed by atoms with Crippen molar-refractivity contribution in [3.63, 3.8) is 0 Å². The SMILES string of the molecule is CCCc1noc(CCC(=O)Nc2ncc(Cc3ccc(Cl)cc3Cl)s2)n1. The van der Waals surface area contributed by atoms with Gasteiger partial charge in [0.25, 0.3) is 0 Å². The van der Waals surface area contributed by atoms with Gasteiger partial charge < -0.3 is 9.84 Å². The number of nitrogens with zero attached hydrogens (tertiary/aromatic N) is 3. The highest BCUT2D eigenvalue weighted by Crippen LogP contribution is 2.27. The number of rotatable bonds is 8. The summed E-state index contributed by atoms with van der Waals surface area (Å²) in [5.41, 5.74) is 0.960. The predicted molar refractivity (Wildman–Crippen MR) is 107 cm³/mol. The largest absolute Gasteiger partial charge is 0.339 e. The van der Waals surface area contributed by atoms with Gasteiger partial charge in [-0.15, -0.1) is 11.3 Å². The minimum Gasteiger partial charge on any atom is -0.339 e. The third-order valence-electron chi connectivity index (χ3n) is 3.73. The summed E-state index contributed by atoms with van der Waals surface area (Å²) in [7, 11) is 0. The van der Waals surface area contributed by atoms with Crippen LogP contribution in [0.4, 0.5) is 5.13 Å². The van der Waals surface area contributed by atoms with Gasteiger partial charge in [-0.05, 0) is 24.1 Å². The van der Waals surface area contributed by atoms with Crippen LogP contribution >= 0.6 is 34.5 Å². The molecule has 0 atom stereocenters. The van der Waals surface area contributed by atoms with E-state index in [0.717, 1.165) is 23.3 Å². The van der Waals surface area contributed by atoms with Crippen molar-refractivity contribution in [3.8, 4) is 0 Å². The Morgan fingerprint density at radius 2 is 2.15 bits per heavy atom. The maximum absolute atomic E-state index is 12.1. The number of amides is 1. The molecule has 0 saturated carbocycles. The van der Waals surface area contributed by atoms with Gasteiger partial charge in [0.15, 0.2) is 11.0 Å². The fourth-order valence-electron chi connectivity index (χ4n) is 2.42. The number of hydrogen-bond acceptors (Lipinski definition) is 6. The lowest BCUT2D eigenvalue weighted by atomic mass is 10.1. The predicted octanol–water partition coefficient (Wildman–Crippen LogP) is 4.95. The zero-order valence-electron chi connectivity index (χ0n) is 14.7. The molecular weight excluding hydrogens is 407 g/mol. The Labute approximate surface area is 170 Å². The number of benzene rings is 1. The van der Waals surface area contributed by atoms with Crippen LogP contribution in [-0.4, -0.2) is 21.0 Å². The number of aryl methyl sites for hydroxylation is 2. The second kappa shape index (κ2) is 9.30. The minimum atomic E-state index is -0.143. The van der Waals surface area contributed by atoms with Gasteiger partial charge in [0, 0.05) is 46.8 Å². The van der Waals surface area contributed by atoms with E-state index in [2.05, 4.69) is 20.4 Å². The Morgan fingerprint density at radius 3 is 2.93 bits per heavy atom. The van der Waals surface area contributed by atoms with Gasteiger partial charge in [-0.1, -0.05) is 41.3 Å². The van der Waals surface area contributed by atoms with Crippen molar-refractivity contribution in [2.45, 2.75) is 39.0 Å². The average molecular weight is 425 g/mol. The van der Waals surface area contributed by atoms with E-state index in [4.69, 9.17) is 27.7 Å². The lowest BCUT2D eigenvalue weighted by Crippen LogP contribution is -2.12. The molecule has 1 N–H and O–H groups in total. The molecule has 0 aliphatic heterocycles. The molecule has 9 heteroatoms. The molecule has 2 aromatic heterocycles. The first-order valence-corrected chi connectivity index (χ1v) is 10.1. The zero-order chi connectivity index (χ0) is 19.2. The Balaban J connectivity index is 1.51. The normalized spacial score (nSPS) is 10.9. The molecule has 142 valence electrons. The quantitative estimate of drug-likeness (QED) is 0.553. The summed E-state index contributed by atoms with van der Waals surface area (Å²) < 4.78 is 5.13. The highest BCUT2D eigenvalue weighted by Gasteiger charge is 2.12. The molecule has 3 rings (SSSR count). The van der Waals surface area contributed by atoms with Crippen LogP contribution in [0.1, 0.15) is 41.9 Å². The molecule has 1 aromatic carbocycles. The number of carbonyl (C=O) groups is 1. The molecule has 0 aliphatic carbocycles. The molecule has 0 spiro atoms. The van der Waals surface area contributed by atoms with Gasteiger partial charge in [-0.25, -0.2) is 4.98 Å². The molecule has 0 radical (unpaired) electrons. The first-order valence-electron chi connectivity index (χ1n) is 8.53. The van der Waals surface area contributed by atoms with E-state index < -0.39 is 0 Å². The maximum Gasteiger partial charge on any atom is 0.227 e. The maximum atomic E-state index is 12.1. The summed E-state index contributed by atoms with van der Waals surface area (Å²) in [4.78, 5) is 21.6. The van der Waals surface area contributed by atoms with Crippen molar-refractivity contribution in [1.29, 1.82) is 0 Å². The van der Waals surface area contributed by atoms with Crippen LogP contribution in [0.3, 0.4) is 0 Å². The van der Waals surface area contributed by atoms with Crippen LogP contribution in [-0.2, 0) is 24.1 Å². The van der Waals surface area contributed by atoms with Crippen molar-refractivity contribution < 1.29 is 9.32 Å². The van der Waals surface area contributed by atoms with Gasteiger partial charge in [-0.2, -0.15) is 4.98 Å². The molecule has 27 heavy (non-hydrogen) atoms. The Morgan fingerprint density at radius 1 is 1.30 bits per heavy atom. The number of hydrogen-bond donors (Lipinski definition) is 1. The van der Waals surface area contributed by atoms with E-state index in [0.29, 0.717) is 39.7 Å². The van der Waals surface area contributed by atoms with Crippen molar-refractivity contribution >= 4 is 45.6 Å². The van der Waals surface area contributed by atoms with Crippen LogP contribution in [0.15, 0.2) is 28.9 Å². The Kier molecular flexibility index (Phi) is 6.82. The van der Waals surface area contributed by atoms with Crippen molar-refractivity contribution in [2.75, 3.05) is 5.32 Å². The van der Waals surface area contributed by atoms with Gasteiger partial charge >= 0.3 is 0 Å². The lowest BCUT2D eigenvalue weighted by Gasteiger charge is -2.02. The zero-order valence-corrected chi connectivity index (χ0v) is 17.0. The highest BCUT2D eigenvalue weighted by molar-refractivity contribution is 7.15. The lowest BCUT2D eigenvalue weighted by molar-refractivity contribution is -0.116. The second-order valence-electron chi connectivity index (χ2n) is 5.95. The summed E-state index contributed by atoms with van der Waals surface area (Å²) in [6.45, 7) is 2.05. The van der Waals surface area contributed by atoms with Crippen LogP contribution in [0.5, 0.6) is 0 Å². The van der Waals surface area contributed by atoms with Crippen LogP contribution in [0.25, 0.3) is 0 Å². The van der Waals surface area contributed by atoms with E-state index >= 15 is 0 Å². The monoisotopic (exact) mass is 424 g/mol. The number of halogens is 2. The molecule has 2 heterocycles. The molecular formula is C18H18Cl2N4O2S. The molecule has 3 aromatic rings. The Bertz CT molecular complexity index is 926. The summed E-state index contributed by atoms with van der Waals surface area (Å²) in [5.74, 6) is 1.01. The van der Waals surface area contributed by atoms with Crippen LogP contribution in [0, 0.1) is 0 Å². The topological polar surface area (TPSA) is 80.9 Å². The van der Waals surface area contributed by atoms with E-state index in [1.54, 1.807) is 18.3 Å². The smallest absolute Gasteiger partial charge is 0.227 e. The van der Waals surface area contributed by atoms with E-state index in [1.807, 2.05) is 13.0 Å². The number of nitrogens with one attached hydrogen (secondary N) is 1. The Hall–Kier alpha value is -1.96. The van der Waals surface area contributed by atoms with E-state index in [1.165, 1.54) is 11.3 Å². The minimum absolute atomic E-state index is 0.143. The first-order chi connectivity index (χ1) is 13.0. The molecule has 0 saturated heterocycles. The van der Waals surface area contributed by atoms with Gasteiger partial charge in [0.1, 0.15) is 0 Å². The first kappa shape index (κ1) is 19.8. The highest BCUT2D eigenvalue weighted by atomic mass is 35.5. The van der Waals surface area contributed by atoms with Gasteiger partial charge in [-0.3, -0.25) is 4.79 Å². The van der Waals surface area contributed by atoms with Crippen molar-refractivity contribution in [3.05, 3.63) is 56.6 Å². The summed E-state index contributed by atoms with van der Waals surface area (Å²) >= 11 is 13.5. The number of thiazole rings is 1. The second-order valence-corrected chi connectivity index (χ2v) is 7.91. The third-order valence-corrected chi connectivity index (χ3v) is 5.23. The van der Waals surface area contributed by atoms with E-state index in [9.17, 15) is 4.79 Å². The standard InChI is InChI=1S/C18H18Cl2N4O2S/c1-2-3-15-22-17(26-24-15)7-6-16(25)23-18-21-10-13(27-18)8-11-4-5-12(19)9-14(11)20/h4-5,9-10H,2-3,6-8H2,1H3,(H,21,23,25).